The number of hydrogen-bond donors (Lipinski definition) is 0. The van der Waals surface area contributed by atoms with Crippen LogP contribution in [0.1, 0.15) is 33.1 Å². The lowest BCUT2D eigenvalue weighted by Gasteiger charge is -2.22. The Morgan fingerprint density at radius 3 is 2.57 bits per heavy atom. The maximum atomic E-state index is 11.3. The van der Waals surface area contributed by atoms with E-state index in [0.717, 1.165) is 19.3 Å². The van der Waals surface area contributed by atoms with Gasteiger partial charge in [0.1, 0.15) is 0 Å². The SMILES string of the molecule is CCCC(C)C(Cl)C1CCS(=O)(=O)C1. The summed E-state index contributed by atoms with van der Waals surface area (Å²) < 4.78 is 22.5. The number of halogens is 1. The molecule has 0 spiro atoms. The molecule has 0 bridgehead atoms. The molecule has 0 aromatic carbocycles. The fraction of sp³-hybridized carbons (Fsp3) is 1.00. The second-order valence-electron chi connectivity index (χ2n) is 4.37. The van der Waals surface area contributed by atoms with Crippen molar-refractivity contribution < 1.29 is 8.42 Å². The van der Waals surface area contributed by atoms with Crippen molar-refractivity contribution in [2.24, 2.45) is 11.8 Å². The van der Waals surface area contributed by atoms with Gasteiger partial charge in [-0.1, -0.05) is 20.3 Å². The molecule has 1 rings (SSSR count). The van der Waals surface area contributed by atoms with E-state index in [1.165, 1.54) is 0 Å². The molecule has 0 aromatic rings. The standard InChI is InChI=1S/C10H19ClO2S/c1-3-4-8(2)10(11)9-5-6-14(12,13)7-9/h8-10H,3-7H2,1-2H3. The Morgan fingerprint density at radius 2 is 2.14 bits per heavy atom. The highest BCUT2D eigenvalue weighted by atomic mass is 35.5. The largest absolute Gasteiger partial charge is 0.229 e. The van der Waals surface area contributed by atoms with Gasteiger partial charge < -0.3 is 0 Å². The van der Waals surface area contributed by atoms with Crippen molar-refractivity contribution in [1.82, 2.24) is 0 Å². The number of alkyl halides is 1. The van der Waals surface area contributed by atoms with E-state index in [1.54, 1.807) is 0 Å². The van der Waals surface area contributed by atoms with Crippen molar-refractivity contribution >= 4 is 21.4 Å². The summed E-state index contributed by atoms with van der Waals surface area (Å²) >= 11 is 6.28. The summed E-state index contributed by atoms with van der Waals surface area (Å²) in [4.78, 5) is 0. The maximum Gasteiger partial charge on any atom is 0.150 e. The molecule has 1 aliphatic rings. The Labute approximate surface area is 91.9 Å². The number of rotatable bonds is 4. The molecule has 0 N–H and O–H groups in total. The van der Waals surface area contributed by atoms with Gasteiger partial charge >= 0.3 is 0 Å². The average molecular weight is 239 g/mol. The summed E-state index contributed by atoms with van der Waals surface area (Å²) in [6.07, 6.45) is 2.96. The minimum absolute atomic E-state index is 0.0345. The number of sulfone groups is 1. The monoisotopic (exact) mass is 238 g/mol. The van der Waals surface area contributed by atoms with Crippen LogP contribution in [0.25, 0.3) is 0 Å². The molecule has 0 aromatic heterocycles. The first-order chi connectivity index (χ1) is 6.46. The van der Waals surface area contributed by atoms with Gasteiger partial charge in [-0.3, -0.25) is 0 Å². The van der Waals surface area contributed by atoms with Gasteiger partial charge in [0.25, 0.3) is 0 Å². The lowest BCUT2D eigenvalue weighted by Crippen LogP contribution is -2.23. The van der Waals surface area contributed by atoms with E-state index >= 15 is 0 Å². The molecular formula is C10H19ClO2S. The second kappa shape index (κ2) is 4.84. The second-order valence-corrected chi connectivity index (χ2v) is 7.11. The Kier molecular flexibility index (Phi) is 4.26. The number of hydrogen-bond acceptors (Lipinski definition) is 2. The third kappa shape index (κ3) is 3.13. The summed E-state index contributed by atoms with van der Waals surface area (Å²) in [7, 11) is -2.77. The van der Waals surface area contributed by atoms with Gasteiger partial charge in [0.15, 0.2) is 9.84 Å². The molecule has 0 aliphatic carbocycles. The van der Waals surface area contributed by atoms with Crippen LogP contribution in [0.15, 0.2) is 0 Å². The highest BCUT2D eigenvalue weighted by Crippen LogP contribution is 2.31. The topological polar surface area (TPSA) is 34.1 Å². The van der Waals surface area contributed by atoms with Crippen molar-refractivity contribution in [2.45, 2.75) is 38.5 Å². The molecule has 14 heavy (non-hydrogen) atoms. The van der Waals surface area contributed by atoms with Crippen LogP contribution in [0.4, 0.5) is 0 Å². The quantitative estimate of drug-likeness (QED) is 0.706. The minimum atomic E-state index is -2.77. The molecule has 2 nitrogen and oxygen atoms in total. The Hall–Kier alpha value is 0.240. The molecule has 1 heterocycles. The van der Waals surface area contributed by atoms with Crippen molar-refractivity contribution in [3.63, 3.8) is 0 Å². The molecule has 0 saturated carbocycles. The Bertz CT molecular complexity index is 274. The maximum absolute atomic E-state index is 11.3. The minimum Gasteiger partial charge on any atom is -0.229 e. The van der Waals surface area contributed by atoms with Gasteiger partial charge in [-0.15, -0.1) is 11.6 Å². The molecule has 0 radical (unpaired) electrons. The van der Waals surface area contributed by atoms with Crippen LogP contribution < -0.4 is 0 Å². The van der Waals surface area contributed by atoms with Crippen LogP contribution in [0, 0.1) is 11.8 Å². The summed E-state index contributed by atoms with van der Waals surface area (Å²) in [6, 6.07) is 0. The van der Waals surface area contributed by atoms with Gasteiger partial charge in [0.2, 0.25) is 0 Å². The molecule has 1 fully saturated rings. The van der Waals surface area contributed by atoms with Crippen molar-refractivity contribution in [1.29, 1.82) is 0 Å². The lowest BCUT2D eigenvalue weighted by atomic mass is 9.92. The molecule has 84 valence electrons. The first-order valence-corrected chi connectivity index (χ1v) is 7.56. The molecule has 3 unspecified atom stereocenters. The van der Waals surface area contributed by atoms with Crippen molar-refractivity contribution in [3.05, 3.63) is 0 Å². The van der Waals surface area contributed by atoms with Crippen LogP contribution in [-0.2, 0) is 9.84 Å². The van der Waals surface area contributed by atoms with E-state index in [1.807, 2.05) is 0 Å². The van der Waals surface area contributed by atoms with Gasteiger partial charge in [-0.2, -0.15) is 0 Å². The van der Waals surface area contributed by atoms with E-state index in [9.17, 15) is 8.42 Å². The Morgan fingerprint density at radius 1 is 1.50 bits per heavy atom. The van der Waals surface area contributed by atoms with Crippen LogP contribution in [0.5, 0.6) is 0 Å². The highest BCUT2D eigenvalue weighted by Gasteiger charge is 2.34. The third-order valence-electron chi connectivity index (χ3n) is 3.01. The zero-order chi connectivity index (χ0) is 10.8. The van der Waals surface area contributed by atoms with Gasteiger partial charge in [-0.05, 0) is 24.7 Å². The third-order valence-corrected chi connectivity index (χ3v) is 5.59. The first-order valence-electron chi connectivity index (χ1n) is 5.30. The smallest absolute Gasteiger partial charge is 0.150 e. The average Bonchev–Trinajstić information content (AvgIpc) is 2.45. The van der Waals surface area contributed by atoms with Gasteiger partial charge in [0, 0.05) is 5.38 Å². The van der Waals surface area contributed by atoms with Gasteiger partial charge in [-0.25, -0.2) is 8.42 Å². The zero-order valence-electron chi connectivity index (χ0n) is 8.87. The Balaban J connectivity index is 2.50. The molecule has 1 aliphatic heterocycles. The summed E-state index contributed by atoms with van der Waals surface area (Å²) in [5, 5.41) is 0.0345. The molecule has 4 heteroatoms. The van der Waals surface area contributed by atoms with Gasteiger partial charge in [0.05, 0.1) is 11.5 Å². The molecule has 1 saturated heterocycles. The predicted molar refractivity (Wildman–Crippen MR) is 60.5 cm³/mol. The summed E-state index contributed by atoms with van der Waals surface area (Å²) in [5.74, 6) is 1.25. The van der Waals surface area contributed by atoms with Crippen LogP contribution in [0.2, 0.25) is 0 Å². The fourth-order valence-electron chi connectivity index (χ4n) is 2.15. The van der Waals surface area contributed by atoms with Crippen LogP contribution in [-0.4, -0.2) is 25.3 Å². The first kappa shape index (κ1) is 12.3. The van der Waals surface area contributed by atoms with E-state index in [4.69, 9.17) is 11.6 Å². The van der Waals surface area contributed by atoms with Crippen molar-refractivity contribution in [3.8, 4) is 0 Å². The highest BCUT2D eigenvalue weighted by molar-refractivity contribution is 7.91. The summed E-state index contributed by atoms with van der Waals surface area (Å²) in [6.45, 7) is 4.25. The molecule has 0 amide bonds. The predicted octanol–water partition coefficient (Wildman–Crippen LogP) is 2.46. The van der Waals surface area contributed by atoms with E-state index in [2.05, 4.69) is 13.8 Å². The van der Waals surface area contributed by atoms with E-state index in [-0.39, 0.29) is 11.3 Å². The van der Waals surface area contributed by atoms with E-state index in [0.29, 0.717) is 17.4 Å². The van der Waals surface area contributed by atoms with Crippen LogP contribution >= 0.6 is 11.6 Å². The fourth-order valence-corrected chi connectivity index (χ4v) is 4.46. The van der Waals surface area contributed by atoms with E-state index < -0.39 is 9.84 Å². The normalized spacial score (nSPS) is 30.1. The molecular weight excluding hydrogens is 220 g/mol. The summed E-state index contributed by atoms with van der Waals surface area (Å²) in [5.41, 5.74) is 0. The zero-order valence-corrected chi connectivity index (χ0v) is 10.4. The lowest BCUT2D eigenvalue weighted by molar-refractivity contribution is 0.406. The molecule has 3 atom stereocenters. The van der Waals surface area contributed by atoms with Crippen LogP contribution in [0.3, 0.4) is 0 Å². The van der Waals surface area contributed by atoms with Crippen molar-refractivity contribution in [2.75, 3.05) is 11.5 Å².